The smallest absolute Gasteiger partial charge is 0.275 e. The standard InChI is InChI=1S/C25H23N3O3/c26-12-14-27-15-20(28-13-11-21(29)24(30)23(28)25(27)31)22-18-7-3-1-5-16(18)9-10-17-6-2-4-8-19(17)22/h1-3,5-7,11,13,20,22,30H,4,8-10,14-15H2. The van der Waals surface area contributed by atoms with Gasteiger partial charge in [0.05, 0.1) is 12.1 Å². The number of hydrogen-bond acceptors (Lipinski definition) is 4. The van der Waals surface area contributed by atoms with Crippen LogP contribution >= 0.6 is 0 Å². The summed E-state index contributed by atoms with van der Waals surface area (Å²) in [6, 6.07) is 11.6. The van der Waals surface area contributed by atoms with Crippen LogP contribution in [0.2, 0.25) is 0 Å². The predicted octanol–water partition coefficient (Wildman–Crippen LogP) is 3.45. The monoisotopic (exact) mass is 413 g/mol. The van der Waals surface area contributed by atoms with E-state index in [1.54, 1.807) is 10.8 Å². The van der Waals surface area contributed by atoms with E-state index in [4.69, 9.17) is 0 Å². The van der Waals surface area contributed by atoms with Gasteiger partial charge in [-0.05, 0) is 42.4 Å². The van der Waals surface area contributed by atoms with E-state index in [0.717, 1.165) is 25.7 Å². The van der Waals surface area contributed by atoms with Crippen LogP contribution in [0.25, 0.3) is 0 Å². The highest BCUT2D eigenvalue weighted by Crippen LogP contribution is 2.47. The molecule has 2 aromatic rings. The second-order valence-electron chi connectivity index (χ2n) is 8.36. The fourth-order valence-corrected chi connectivity index (χ4v) is 5.36. The van der Waals surface area contributed by atoms with Crippen LogP contribution in [0.1, 0.15) is 52.8 Å². The molecule has 0 saturated heterocycles. The molecule has 2 aliphatic carbocycles. The molecule has 1 aromatic heterocycles. The number of hydrogen-bond donors (Lipinski definition) is 1. The second-order valence-corrected chi connectivity index (χ2v) is 8.36. The predicted molar refractivity (Wildman–Crippen MR) is 116 cm³/mol. The lowest BCUT2D eigenvalue weighted by Crippen LogP contribution is -2.46. The van der Waals surface area contributed by atoms with Crippen LogP contribution < -0.4 is 5.43 Å². The minimum Gasteiger partial charge on any atom is -0.503 e. The van der Waals surface area contributed by atoms with Gasteiger partial charge in [0.15, 0.2) is 11.4 Å². The Kier molecular flexibility index (Phi) is 4.74. The Bertz CT molecular complexity index is 1230. The van der Waals surface area contributed by atoms with Crippen molar-refractivity contribution in [1.29, 1.82) is 5.26 Å². The highest BCUT2D eigenvalue weighted by Gasteiger charge is 2.40. The molecule has 1 amide bonds. The first-order chi connectivity index (χ1) is 15.1. The van der Waals surface area contributed by atoms with E-state index in [1.807, 2.05) is 6.07 Å². The van der Waals surface area contributed by atoms with Crippen molar-refractivity contribution in [2.45, 2.75) is 37.6 Å². The molecule has 0 radical (unpaired) electrons. The van der Waals surface area contributed by atoms with E-state index < -0.39 is 17.1 Å². The number of aromatic nitrogens is 1. The minimum atomic E-state index is -0.584. The highest BCUT2D eigenvalue weighted by molar-refractivity contribution is 5.96. The van der Waals surface area contributed by atoms with Gasteiger partial charge in [-0.25, -0.2) is 0 Å². The molecule has 1 aromatic carbocycles. The summed E-state index contributed by atoms with van der Waals surface area (Å²) in [5.41, 5.74) is 4.60. The van der Waals surface area contributed by atoms with E-state index in [1.165, 1.54) is 33.2 Å². The molecule has 1 aliphatic heterocycles. The summed E-state index contributed by atoms with van der Waals surface area (Å²) in [7, 11) is 0. The summed E-state index contributed by atoms with van der Waals surface area (Å²) in [4.78, 5) is 26.6. The molecule has 3 aliphatic rings. The van der Waals surface area contributed by atoms with Crippen LogP contribution in [0.15, 0.2) is 64.6 Å². The Balaban J connectivity index is 1.76. The summed E-state index contributed by atoms with van der Waals surface area (Å²) in [6.45, 7) is 0.263. The largest absolute Gasteiger partial charge is 0.503 e. The molecule has 2 heterocycles. The van der Waals surface area contributed by atoms with Crippen molar-refractivity contribution in [3.63, 3.8) is 0 Å². The van der Waals surface area contributed by atoms with Crippen molar-refractivity contribution >= 4 is 5.91 Å². The summed E-state index contributed by atoms with van der Waals surface area (Å²) >= 11 is 0. The second kappa shape index (κ2) is 7.59. The number of carbonyl (C=O) groups is 1. The van der Waals surface area contributed by atoms with Crippen molar-refractivity contribution in [1.82, 2.24) is 9.47 Å². The number of aryl methyl sites for hydroxylation is 1. The molecule has 2 atom stereocenters. The normalized spacial score (nSPS) is 22.3. The quantitative estimate of drug-likeness (QED) is 0.764. The molecule has 6 heteroatoms. The third-order valence-corrected chi connectivity index (χ3v) is 6.74. The number of allylic oxidation sites excluding steroid dienone is 4. The first-order valence-electron chi connectivity index (χ1n) is 10.7. The Labute approximate surface area is 180 Å². The zero-order chi connectivity index (χ0) is 21.5. The van der Waals surface area contributed by atoms with Gasteiger partial charge in [-0.1, -0.05) is 42.0 Å². The average Bonchev–Trinajstić information content (AvgIpc) is 2.95. The van der Waals surface area contributed by atoms with Crippen LogP contribution in [0.4, 0.5) is 0 Å². The van der Waals surface area contributed by atoms with Crippen LogP contribution in [-0.2, 0) is 6.42 Å². The molecule has 5 rings (SSSR count). The Morgan fingerprint density at radius 3 is 2.81 bits per heavy atom. The average molecular weight is 413 g/mol. The van der Waals surface area contributed by atoms with Crippen molar-refractivity contribution < 1.29 is 9.90 Å². The molecular formula is C25H23N3O3. The van der Waals surface area contributed by atoms with E-state index in [-0.39, 0.29) is 24.2 Å². The van der Waals surface area contributed by atoms with E-state index >= 15 is 0 Å². The molecule has 6 nitrogen and oxygen atoms in total. The van der Waals surface area contributed by atoms with Crippen molar-refractivity contribution in [2.75, 3.05) is 13.1 Å². The fourth-order valence-electron chi connectivity index (χ4n) is 5.36. The SMILES string of the molecule is N#CCN1CC(C2C3=C(C=CCC3)CCc3ccccc32)n2ccc(=O)c(O)c2C1=O. The number of rotatable bonds is 2. The first kappa shape index (κ1) is 19.4. The topological polar surface area (TPSA) is 86.3 Å². The van der Waals surface area contributed by atoms with Gasteiger partial charge in [0.2, 0.25) is 5.43 Å². The zero-order valence-electron chi connectivity index (χ0n) is 17.1. The molecule has 2 unspecified atom stereocenters. The maximum Gasteiger partial charge on any atom is 0.275 e. The summed E-state index contributed by atoms with van der Waals surface area (Å²) in [5.74, 6) is -1.03. The van der Waals surface area contributed by atoms with Gasteiger partial charge < -0.3 is 14.6 Å². The van der Waals surface area contributed by atoms with Crippen LogP contribution in [0.5, 0.6) is 5.75 Å². The summed E-state index contributed by atoms with van der Waals surface area (Å²) in [6.07, 6.45) is 9.89. The number of benzene rings is 1. The summed E-state index contributed by atoms with van der Waals surface area (Å²) in [5, 5.41) is 19.8. The molecular weight excluding hydrogens is 390 g/mol. The highest BCUT2D eigenvalue weighted by atomic mass is 16.3. The number of aromatic hydroxyl groups is 1. The van der Waals surface area contributed by atoms with Crippen LogP contribution in [0, 0.1) is 11.3 Å². The molecule has 0 bridgehead atoms. The third-order valence-electron chi connectivity index (χ3n) is 6.74. The molecule has 0 fully saturated rings. The number of nitriles is 1. The van der Waals surface area contributed by atoms with E-state index in [9.17, 15) is 20.0 Å². The number of amides is 1. The van der Waals surface area contributed by atoms with E-state index in [2.05, 4.69) is 36.4 Å². The van der Waals surface area contributed by atoms with E-state index in [0.29, 0.717) is 6.54 Å². The Morgan fingerprint density at radius 2 is 1.97 bits per heavy atom. The van der Waals surface area contributed by atoms with Crippen molar-refractivity contribution in [3.8, 4) is 11.8 Å². The third kappa shape index (κ3) is 3.09. The van der Waals surface area contributed by atoms with Gasteiger partial charge in [-0.3, -0.25) is 9.59 Å². The van der Waals surface area contributed by atoms with Gasteiger partial charge in [-0.2, -0.15) is 5.26 Å². The number of pyridine rings is 1. The van der Waals surface area contributed by atoms with Gasteiger partial charge in [-0.15, -0.1) is 0 Å². The molecule has 1 N–H and O–H groups in total. The molecule has 0 saturated carbocycles. The summed E-state index contributed by atoms with van der Waals surface area (Å²) < 4.78 is 1.77. The first-order valence-corrected chi connectivity index (χ1v) is 10.7. The maximum atomic E-state index is 13.0. The Morgan fingerprint density at radius 1 is 1.13 bits per heavy atom. The molecule has 156 valence electrons. The van der Waals surface area contributed by atoms with Crippen molar-refractivity contribution in [3.05, 3.63) is 86.9 Å². The van der Waals surface area contributed by atoms with Crippen LogP contribution in [0.3, 0.4) is 0 Å². The van der Waals surface area contributed by atoms with Crippen LogP contribution in [-0.4, -0.2) is 33.6 Å². The zero-order valence-corrected chi connectivity index (χ0v) is 17.1. The minimum absolute atomic E-state index is 0.00593. The van der Waals surface area contributed by atoms with Gasteiger partial charge in [0.25, 0.3) is 5.91 Å². The Hall–Kier alpha value is -3.59. The van der Waals surface area contributed by atoms with Gasteiger partial charge in [0, 0.05) is 24.7 Å². The number of nitrogens with zero attached hydrogens (tertiary/aromatic N) is 3. The van der Waals surface area contributed by atoms with Gasteiger partial charge in [0.1, 0.15) is 6.54 Å². The lowest BCUT2D eigenvalue weighted by molar-refractivity contribution is 0.0675. The lowest BCUT2D eigenvalue weighted by atomic mass is 9.78. The number of fused-ring (bicyclic) bond motifs is 2. The van der Waals surface area contributed by atoms with Crippen molar-refractivity contribution in [2.24, 2.45) is 0 Å². The fraction of sp³-hybridized carbons (Fsp3) is 0.320. The maximum absolute atomic E-state index is 13.0. The van der Waals surface area contributed by atoms with Gasteiger partial charge >= 0.3 is 0 Å². The number of carbonyl (C=O) groups excluding carboxylic acids is 1. The molecule has 31 heavy (non-hydrogen) atoms. The molecule has 0 spiro atoms. The lowest BCUT2D eigenvalue weighted by Gasteiger charge is -2.41.